The summed E-state index contributed by atoms with van der Waals surface area (Å²) in [5.41, 5.74) is 0.284. The van der Waals surface area contributed by atoms with Crippen LogP contribution in [0.15, 0.2) is 4.40 Å². The zero-order valence-corrected chi connectivity index (χ0v) is 8.24. The highest BCUT2D eigenvalue weighted by Crippen LogP contribution is 2.49. The zero-order valence-electron chi connectivity index (χ0n) is 7.42. The van der Waals surface area contributed by atoms with Crippen LogP contribution in [0.25, 0.3) is 0 Å². The largest absolute Gasteiger partial charge is 0.264 e. The molecule has 0 aliphatic heterocycles. The Morgan fingerprint density at radius 2 is 1.85 bits per heavy atom. The predicted molar refractivity (Wildman–Crippen MR) is 45.7 cm³/mol. The molecule has 0 unspecified atom stereocenters. The molecule has 0 spiro atoms. The molecule has 0 aromatic carbocycles. The van der Waals surface area contributed by atoms with E-state index in [1.54, 1.807) is 0 Å². The lowest BCUT2D eigenvalue weighted by atomic mass is 10.4. The SMILES string of the molecule is CC(C)=NS(=O)(=O)C1(C(F)F)CC1. The second-order valence-electron chi connectivity index (χ2n) is 3.38. The van der Waals surface area contributed by atoms with Crippen LogP contribution >= 0.6 is 0 Å². The summed E-state index contributed by atoms with van der Waals surface area (Å²) in [5, 5.41) is 0. The molecule has 1 fully saturated rings. The van der Waals surface area contributed by atoms with Gasteiger partial charge in [0.25, 0.3) is 16.4 Å². The standard InChI is InChI=1S/C7H11F2NO2S/c1-5(2)10-13(11,12)7(3-4-7)6(8)9/h6H,3-4H2,1-2H3. The summed E-state index contributed by atoms with van der Waals surface area (Å²) in [5.74, 6) is 0. The molecule has 0 saturated heterocycles. The normalized spacial score (nSPS) is 20.1. The quantitative estimate of drug-likeness (QED) is 0.665. The predicted octanol–water partition coefficient (Wildman–Crippen LogP) is 1.59. The fraction of sp³-hybridized carbons (Fsp3) is 0.857. The molecular formula is C7H11F2NO2S. The Balaban J connectivity index is 3.02. The number of sulfonamides is 1. The van der Waals surface area contributed by atoms with E-state index in [2.05, 4.69) is 4.40 Å². The molecule has 0 heterocycles. The molecule has 6 heteroatoms. The molecule has 1 aliphatic rings. The average molecular weight is 211 g/mol. The van der Waals surface area contributed by atoms with E-state index >= 15 is 0 Å². The number of alkyl halides is 2. The topological polar surface area (TPSA) is 46.5 Å². The molecule has 0 bridgehead atoms. The van der Waals surface area contributed by atoms with Gasteiger partial charge in [0.1, 0.15) is 0 Å². The third-order valence-electron chi connectivity index (χ3n) is 1.96. The van der Waals surface area contributed by atoms with Crippen molar-refractivity contribution < 1.29 is 17.2 Å². The molecule has 76 valence electrons. The molecule has 1 aliphatic carbocycles. The summed E-state index contributed by atoms with van der Waals surface area (Å²) in [6.07, 6.45) is -2.80. The Morgan fingerprint density at radius 1 is 1.38 bits per heavy atom. The van der Waals surface area contributed by atoms with Gasteiger partial charge in [0.2, 0.25) is 0 Å². The molecule has 0 amide bonds. The van der Waals surface area contributed by atoms with Crippen molar-refractivity contribution in [2.45, 2.75) is 37.9 Å². The average Bonchev–Trinajstić information content (AvgIpc) is 2.60. The highest BCUT2D eigenvalue weighted by Gasteiger charge is 2.62. The molecule has 0 N–H and O–H groups in total. The maximum atomic E-state index is 12.4. The third-order valence-corrected chi connectivity index (χ3v) is 4.18. The van der Waals surface area contributed by atoms with E-state index in [1.807, 2.05) is 0 Å². The maximum Gasteiger partial charge on any atom is 0.264 e. The fourth-order valence-electron chi connectivity index (χ4n) is 1.04. The Bertz CT molecular complexity index is 326. The number of halogens is 2. The van der Waals surface area contributed by atoms with Gasteiger partial charge in [-0.3, -0.25) is 0 Å². The van der Waals surface area contributed by atoms with Crippen LogP contribution in [-0.2, 0) is 10.0 Å². The van der Waals surface area contributed by atoms with E-state index in [1.165, 1.54) is 13.8 Å². The van der Waals surface area contributed by atoms with Crippen molar-refractivity contribution in [3.05, 3.63) is 0 Å². The molecule has 0 atom stereocenters. The number of rotatable bonds is 3. The minimum atomic E-state index is -4.01. The van der Waals surface area contributed by atoms with Crippen LogP contribution in [0.3, 0.4) is 0 Å². The first-order valence-electron chi connectivity index (χ1n) is 3.88. The summed E-state index contributed by atoms with van der Waals surface area (Å²) < 4.78 is 48.7. The van der Waals surface area contributed by atoms with Gasteiger partial charge in [-0.15, -0.1) is 0 Å². The van der Waals surface area contributed by atoms with Gasteiger partial charge >= 0.3 is 0 Å². The summed E-state index contributed by atoms with van der Waals surface area (Å²) >= 11 is 0. The Kier molecular flexibility index (Phi) is 2.44. The minimum absolute atomic E-state index is 0.0176. The second kappa shape index (κ2) is 3.01. The van der Waals surface area contributed by atoms with Gasteiger partial charge in [-0.25, -0.2) is 17.2 Å². The molecular weight excluding hydrogens is 200 g/mol. The van der Waals surface area contributed by atoms with Crippen LogP contribution in [0.2, 0.25) is 0 Å². The van der Waals surface area contributed by atoms with Crippen molar-refractivity contribution in [2.75, 3.05) is 0 Å². The summed E-state index contributed by atoms with van der Waals surface area (Å²) in [7, 11) is -4.01. The van der Waals surface area contributed by atoms with E-state index in [9.17, 15) is 17.2 Å². The lowest BCUT2D eigenvalue weighted by Crippen LogP contribution is -2.29. The van der Waals surface area contributed by atoms with Crippen molar-refractivity contribution in [3.63, 3.8) is 0 Å². The Labute approximate surface area is 75.9 Å². The van der Waals surface area contributed by atoms with Gasteiger partial charge in [0.05, 0.1) is 0 Å². The maximum absolute atomic E-state index is 12.4. The number of hydrogen-bond acceptors (Lipinski definition) is 2. The van der Waals surface area contributed by atoms with Crippen LogP contribution in [0, 0.1) is 0 Å². The van der Waals surface area contributed by atoms with Gasteiger partial charge in [-0.2, -0.15) is 4.40 Å². The highest BCUT2D eigenvalue weighted by molar-refractivity contribution is 7.92. The minimum Gasteiger partial charge on any atom is -0.209 e. The first kappa shape index (κ1) is 10.6. The molecule has 0 aromatic rings. The molecule has 1 saturated carbocycles. The molecule has 13 heavy (non-hydrogen) atoms. The lowest BCUT2D eigenvalue weighted by Gasteiger charge is -2.10. The van der Waals surface area contributed by atoms with Gasteiger partial charge in [0, 0.05) is 5.71 Å². The number of nitrogens with zero attached hydrogens (tertiary/aromatic N) is 1. The Hall–Kier alpha value is -0.520. The third kappa shape index (κ3) is 1.72. The lowest BCUT2D eigenvalue weighted by molar-refractivity contribution is 0.133. The smallest absolute Gasteiger partial charge is 0.209 e. The molecule has 0 radical (unpaired) electrons. The van der Waals surface area contributed by atoms with Crippen molar-refractivity contribution >= 4 is 15.7 Å². The fourth-order valence-corrected chi connectivity index (χ4v) is 2.55. The van der Waals surface area contributed by atoms with Crippen LogP contribution < -0.4 is 0 Å². The van der Waals surface area contributed by atoms with Gasteiger partial charge < -0.3 is 0 Å². The van der Waals surface area contributed by atoms with Gasteiger partial charge in [0.15, 0.2) is 4.75 Å². The van der Waals surface area contributed by atoms with E-state index in [0.29, 0.717) is 0 Å². The zero-order chi connectivity index (χ0) is 10.3. The molecule has 3 nitrogen and oxygen atoms in total. The van der Waals surface area contributed by atoms with Crippen LogP contribution in [0.5, 0.6) is 0 Å². The monoisotopic (exact) mass is 211 g/mol. The first-order valence-corrected chi connectivity index (χ1v) is 5.32. The summed E-state index contributed by atoms with van der Waals surface area (Å²) in [6, 6.07) is 0. The van der Waals surface area contributed by atoms with Crippen molar-refractivity contribution in [3.8, 4) is 0 Å². The Morgan fingerprint density at radius 3 is 2.08 bits per heavy atom. The highest BCUT2D eigenvalue weighted by atomic mass is 32.2. The summed E-state index contributed by atoms with van der Waals surface area (Å²) in [4.78, 5) is 0. The molecule has 0 aromatic heterocycles. The van der Waals surface area contributed by atoms with Gasteiger partial charge in [-0.1, -0.05) is 0 Å². The van der Waals surface area contributed by atoms with Gasteiger partial charge in [-0.05, 0) is 26.7 Å². The number of hydrogen-bond donors (Lipinski definition) is 0. The second-order valence-corrected chi connectivity index (χ2v) is 5.32. The van der Waals surface area contributed by atoms with Crippen molar-refractivity contribution in [2.24, 2.45) is 4.40 Å². The van der Waals surface area contributed by atoms with Crippen molar-refractivity contribution in [1.82, 2.24) is 0 Å². The van der Waals surface area contributed by atoms with Crippen molar-refractivity contribution in [1.29, 1.82) is 0 Å². The molecule has 1 rings (SSSR count). The van der Waals surface area contributed by atoms with E-state index < -0.39 is 21.2 Å². The van der Waals surface area contributed by atoms with Crippen LogP contribution in [-0.4, -0.2) is 25.3 Å². The van der Waals surface area contributed by atoms with Crippen LogP contribution in [0.1, 0.15) is 26.7 Å². The van der Waals surface area contributed by atoms with E-state index in [-0.39, 0.29) is 18.6 Å². The van der Waals surface area contributed by atoms with Crippen LogP contribution in [0.4, 0.5) is 8.78 Å². The summed E-state index contributed by atoms with van der Waals surface area (Å²) in [6.45, 7) is 2.94. The van der Waals surface area contributed by atoms with E-state index in [4.69, 9.17) is 0 Å². The van der Waals surface area contributed by atoms with E-state index in [0.717, 1.165) is 0 Å². The first-order chi connectivity index (χ1) is 5.82.